The summed E-state index contributed by atoms with van der Waals surface area (Å²) in [5.74, 6) is -1.51. The maximum Gasteiger partial charge on any atom is 0.433 e. The summed E-state index contributed by atoms with van der Waals surface area (Å²) in [6.07, 6.45) is -3.37. The number of hydrogen-bond acceptors (Lipinski definition) is 4. The number of alkyl halides is 3. The van der Waals surface area contributed by atoms with E-state index in [9.17, 15) is 27.9 Å². The zero-order valence-electron chi connectivity index (χ0n) is 14.2. The minimum atomic E-state index is -4.74. The van der Waals surface area contributed by atoms with Crippen LogP contribution in [0.3, 0.4) is 0 Å². The van der Waals surface area contributed by atoms with Crippen molar-refractivity contribution in [2.45, 2.75) is 6.18 Å². The molecular formula is C19H9ClF3N3O3. The number of aromatic carboxylic acids is 1. The van der Waals surface area contributed by atoms with Crippen molar-refractivity contribution in [1.82, 2.24) is 14.5 Å². The molecule has 6 nitrogen and oxygen atoms in total. The Morgan fingerprint density at radius 2 is 1.86 bits per heavy atom. The van der Waals surface area contributed by atoms with Gasteiger partial charge in [0, 0.05) is 22.4 Å². The van der Waals surface area contributed by atoms with Crippen molar-refractivity contribution in [2.75, 3.05) is 0 Å². The molecule has 0 aliphatic heterocycles. The van der Waals surface area contributed by atoms with Crippen molar-refractivity contribution in [3.8, 4) is 5.69 Å². The lowest BCUT2D eigenvalue weighted by Crippen LogP contribution is -2.26. The summed E-state index contributed by atoms with van der Waals surface area (Å²) in [5.41, 5.74) is -3.01. The molecule has 0 aliphatic carbocycles. The van der Waals surface area contributed by atoms with E-state index in [4.69, 9.17) is 11.6 Å². The van der Waals surface area contributed by atoms with Gasteiger partial charge in [-0.1, -0.05) is 23.7 Å². The second-order valence-electron chi connectivity index (χ2n) is 6.08. The molecule has 146 valence electrons. The van der Waals surface area contributed by atoms with Crippen molar-refractivity contribution in [3.05, 3.63) is 75.4 Å². The second kappa shape index (κ2) is 6.56. The summed E-state index contributed by atoms with van der Waals surface area (Å²) in [4.78, 5) is 32.0. The lowest BCUT2D eigenvalue weighted by atomic mass is 10.1. The molecule has 0 bridgehead atoms. The first-order valence-electron chi connectivity index (χ1n) is 8.09. The molecule has 0 atom stereocenters. The molecule has 29 heavy (non-hydrogen) atoms. The highest BCUT2D eigenvalue weighted by atomic mass is 35.5. The largest absolute Gasteiger partial charge is 0.477 e. The first-order valence-corrected chi connectivity index (χ1v) is 8.47. The quantitative estimate of drug-likeness (QED) is 0.489. The van der Waals surface area contributed by atoms with Crippen molar-refractivity contribution in [2.24, 2.45) is 0 Å². The summed E-state index contributed by atoms with van der Waals surface area (Å²) in [7, 11) is 0. The minimum absolute atomic E-state index is 0.0622. The maximum atomic E-state index is 13.2. The van der Waals surface area contributed by atoms with E-state index in [2.05, 4.69) is 9.97 Å². The number of carbonyl (C=O) groups is 1. The normalized spacial score (nSPS) is 11.9. The van der Waals surface area contributed by atoms with E-state index in [-0.39, 0.29) is 21.9 Å². The average molecular weight is 420 g/mol. The number of halogens is 4. The van der Waals surface area contributed by atoms with Gasteiger partial charge in [-0.15, -0.1) is 0 Å². The lowest BCUT2D eigenvalue weighted by Gasteiger charge is -2.15. The number of aromatic nitrogens is 3. The van der Waals surface area contributed by atoms with Crippen LogP contribution < -0.4 is 5.56 Å². The zero-order valence-corrected chi connectivity index (χ0v) is 15.0. The molecule has 4 rings (SSSR count). The van der Waals surface area contributed by atoms with Gasteiger partial charge in [0.1, 0.15) is 22.1 Å². The molecule has 3 aromatic heterocycles. The SMILES string of the molecule is O=C(O)c1cc2ccc(C(F)(F)F)nc2n(-c2cccc3c(Cl)nccc23)c1=O. The maximum absolute atomic E-state index is 13.2. The number of carboxylic acids is 1. The Balaban J connectivity index is 2.21. The smallest absolute Gasteiger partial charge is 0.433 e. The van der Waals surface area contributed by atoms with Crippen LogP contribution in [0.4, 0.5) is 13.2 Å². The van der Waals surface area contributed by atoms with Crippen molar-refractivity contribution in [1.29, 1.82) is 0 Å². The van der Waals surface area contributed by atoms with Crippen LogP contribution >= 0.6 is 11.6 Å². The number of pyridine rings is 3. The van der Waals surface area contributed by atoms with Gasteiger partial charge < -0.3 is 5.11 Å². The Morgan fingerprint density at radius 3 is 2.55 bits per heavy atom. The number of fused-ring (bicyclic) bond motifs is 2. The predicted molar refractivity (Wildman–Crippen MR) is 99.6 cm³/mol. The lowest BCUT2D eigenvalue weighted by molar-refractivity contribution is -0.141. The van der Waals surface area contributed by atoms with Gasteiger partial charge in [0.2, 0.25) is 0 Å². The number of nitrogens with zero attached hydrogens (tertiary/aromatic N) is 3. The van der Waals surface area contributed by atoms with Gasteiger partial charge in [0.15, 0.2) is 0 Å². The standard InChI is InChI=1S/C19H9ClF3N3O3/c20-15-11-2-1-3-13(10(11)6-7-24-15)26-16-9(8-12(17(26)27)18(28)29)4-5-14(25-16)19(21,22)23/h1-8H,(H,28,29). The number of carboxylic acid groups (broad SMARTS) is 1. The summed E-state index contributed by atoms with van der Waals surface area (Å²) in [6, 6.07) is 8.95. The molecular weight excluding hydrogens is 411 g/mol. The van der Waals surface area contributed by atoms with Gasteiger partial charge in [-0.25, -0.2) is 14.8 Å². The van der Waals surface area contributed by atoms with Crippen LogP contribution in [0.15, 0.2) is 53.5 Å². The molecule has 0 amide bonds. The Bertz CT molecular complexity index is 1370. The average Bonchev–Trinajstić information content (AvgIpc) is 2.66. The van der Waals surface area contributed by atoms with Crippen LogP contribution in [0.2, 0.25) is 5.15 Å². The van der Waals surface area contributed by atoms with Gasteiger partial charge in [-0.3, -0.25) is 9.36 Å². The Labute approximate surface area is 164 Å². The minimum Gasteiger partial charge on any atom is -0.477 e. The first kappa shape index (κ1) is 18.9. The molecule has 3 heterocycles. The Morgan fingerprint density at radius 1 is 1.10 bits per heavy atom. The second-order valence-corrected chi connectivity index (χ2v) is 6.44. The van der Waals surface area contributed by atoms with Crippen LogP contribution in [0.1, 0.15) is 16.1 Å². The van der Waals surface area contributed by atoms with E-state index < -0.39 is 29.0 Å². The van der Waals surface area contributed by atoms with Crippen LogP contribution in [-0.2, 0) is 6.18 Å². The third-order valence-corrected chi connectivity index (χ3v) is 4.65. The van der Waals surface area contributed by atoms with Gasteiger partial charge >= 0.3 is 12.1 Å². The Hall–Kier alpha value is -3.46. The van der Waals surface area contributed by atoms with Crippen molar-refractivity contribution in [3.63, 3.8) is 0 Å². The van der Waals surface area contributed by atoms with Crippen LogP contribution in [0, 0.1) is 0 Å². The molecule has 4 aromatic rings. The van der Waals surface area contributed by atoms with Gasteiger partial charge in [0.05, 0.1) is 5.69 Å². The van der Waals surface area contributed by atoms with E-state index in [1.54, 1.807) is 6.07 Å². The number of hydrogen-bond donors (Lipinski definition) is 1. The number of benzene rings is 1. The van der Waals surface area contributed by atoms with E-state index in [0.717, 1.165) is 22.8 Å². The topological polar surface area (TPSA) is 85.1 Å². The van der Waals surface area contributed by atoms with E-state index in [1.165, 1.54) is 24.4 Å². The summed E-state index contributed by atoms with van der Waals surface area (Å²) in [6.45, 7) is 0. The monoisotopic (exact) mass is 419 g/mol. The summed E-state index contributed by atoms with van der Waals surface area (Å²) >= 11 is 6.08. The summed E-state index contributed by atoms with van der Waals surface area (Å²) < 4.78 is 40.4. The highest BCUT2D eigenvalue weighted by Gasteiger charge is 2.33. The molecule has 10 heteroatoms. The molecule has 0 aliphatic rings. The van der Waals surface area contributed by atoms with E-state index in [1.807, 2.05) is 0 Å². The fourth-order valence-corrected chi connectivity index (χ4v) is 3.29. The zero-order chi connectivity index (χ0) is 20.9. The van der Waals surface area contributed by atoms with Crippen LogP contribution in [-0.4, -0.2) is 25.6 Å². The number of rotatable bonds is 2. The van der Waals surface area contributed by atoms with Crippen molar-refractivity contribution >= 4 is 39.4 Å². The molecule has 1 aromatic carbocycles. The fraction of sp³-hybridized carbons (Fsp3) is 0.0526. The van der Waals surface area contributed by atoms with Crippen LogP contribution in [0.5, 0.6) is 0 Å². The molecule has 0 saturated carbocycles. The van der Waals surface area contributed by atoms with E-state index in [0.29, 0.717) is 10.8 Å². The highest BCUT2D eigenvalue weighted by Crippen LogP contribution is 2.31. The predicted octanol–water partition coefficient (Wildman–Crippen LogP) is 4.30. The molecule has 0 fully saturated rings. The molecule has 0 radical (unpaired) electrons. The van der Waals surface area contributed by atoms with E-state index >= 15 is 0 Å². The highest BCUT2D eigenvalue weighted by molar-refractivity contribution is 6.34. The molecule has 1 N–H and O–H groups in total. The van der Waals surface area contributed by atoms with Crippen LogP contribution in [0.25, 0.3) is 27.5 Å². The third-order valence-electron chi connectivity index (χ3n) is 4.35. The fourth-order valence-electron chi connectivity index (χ4n) is 3.07. The third kappa shape index (κ3) is 3.09. The molecule has 0 saturated heterocycles. The first-order chi connectivity index (χ1) is 13.7. The van der Waals surface area contributed by atoms with Gasteiger partial charge in [-0.05, 0) is 30.3 Å². The Kier molecular flexibility index (Phi) is 4.27. The van der Waals surface area contributed by atoms with Gasteiger partial charge in [-0.2, -0.15) is 13.2 Å². The molecule has 0 unspecified atom stereocenters. The molecule has 0 spiro atoms. The van der Waals surface area contributed by atoms with Crippen molar-refractivity contribution < 1.29 is 23.1 Å². The van der Waals surface area contributed by atoms with Gasteiger partial charge in [0.25, 0.3) is 5.56 Å². The summed E-state index contributed by atoms with van der Waals surface area (Å²) in [5, 5.41) is 10.4.